The van der Waals surface area contributed by atoms with E-state index in [4.69, 9.17) is 0 Å². The van der Waals surface area contributed by atoms with Gasteiger partial charge >= 0.3 is 0 Å². The molecule has 3 nitrogen and oxygen atoms in total. The third-order valence-electron chi connectivity index (χ3n) is 4.02. The first-order valence-corrected chi connectivity index (χ1v) is 7.78. The Morgan fingerprint density at radius 1 is 1.40 bits per heavy atom. The van der Waals surface area contributed by atoms with Gasteiger partial charge in [0.15, 0.2) is 0 Å². The molecule has 1 aliphatic carbocycles. The highest BCUT2D eigenvalue weighted by atomic mass is 16.3. The van der Waals surface area contributed by atoms with Crippen molar-refractivity contribution in [2.75, 3.05) is 0 Å². The molecule has 0 saturated heterocycles. The molecule has 0 amide bonds. The first kappa shape index (κ1) is 17.1. The molecular formula is C17H28O3. The highest BCUT2D eigenvalue weighted by Gasteiger charge is 2.39. The van der Waals surface area contributed by atoms with Crippen LogP contribution in [-0.2, 0) is 4.79 Å². The van der Waals surface area contributed by atoms with Crippen molar-refractivity contribution in [3.8, 4) is 0 Å². The van der Waals surface area contributed by atoms with E-state index in [1.54, 1.807) is 6.08 Å². The van der Waals surface area contributed by atoms with E-state index in [1.165, 1.54) is 0 Å². The molecule has 0 bridgehead atoms. The highest BCUT2D eigenvalue weighted by molar-refractivity contribution is 5.84. The van der Waals surface area contributed by atoms with E-state index in [9.17, 15) is 15.0 Å². The van der Waals surface area contributed by atoms with Gasteiger partial charge in [0.25, 0.3) is 0 Å². The summed E-state index contributed by atoms with van der Waals surface area (Å²) in [4.78, 5) is 11.9. The maximum Gasteiger partial charge on any atom is 0.139 e. The summed E-state index contributed by atoms with van der Waals surface area (Å²) in [7, 11) is 0. The van der Waals surface area contributed by atoms with Gasteiger partial charge in [-0.15, -0.1) is 0 Å². The summed E-state index contributed by atoms with van der Waals surface area (Å²) < 4.78 is 0. The van der Waals surface area contributed by atoms with Crippen LogP contribution < -0.4 is 0 Å². The topological polar surface area (TPSA) is 57.5 Å². The Bertz CT molecular complexity index is 346. The average molecular weight is 280 g/mol. The molecule has 0 aromatic carbocycles. The van der Waals surface area contributed by atoms with Crippen molar-refractivity contribution in [2.24, 2.45) is 11.8 Å². The minimum absolute atomic E-state index is 0.130. The molecule has 0 aromatic heterocycles. The van der Waals surface area contributed by atoms with E-state index in [1.807, 2.05) is 25.2 Å². The number of hydrogen-bond acceptors (Lipinski definition) is 3. The molecule has 0 aromatic rings. The Labute approximate surface area is 122 Å². The number of aliphatic hydroxyl groups excluding tert-OH is 2. The highest BCUT2D eigenvalue weighted by Crippen LogP contribution is 2.33. The fourth-order valence-corrected chi connectivity index (χ4v) is 2.77. The Balaban J connectivity index is 2.55. The molecule has 1 rings (SSSR count). The lowest BCUT2D eigenvalue weighted by atomic mass is 9.90. The van der Waals surface area contributed by atoms with Crippen LogP contribution >= 0.6 is 0 Å². The summed E-state index contributed by atoms with van der Waals surface area (Å²) in [5, 5.41) is 19.9. The summed E-state index contributed by atoms with van der Waals surface area (Å²) in [6, 6.07) is 0. The first-order chi connectivity index (χ1) is 9.60. The van der Waals surface area contributed by atoms with Gasteiger partial charge in [-0.25, -0.2) is 0 Å². The second-order valence-corrected chi connectivity index (χ2v) is 5.67. The number of ketones is 1. The van der Waals surface area contributed by atoms with Gasteiger partial charge in [0.2, 0.25) is 0 Å². The number of carbonyl (C=O) groups excluding carboxylic acids is 1. The fourth-order valence-electron chi connectivity index (χ4n) is 2.77. The lowest BCUT2D eigenvalue weighted by molar-refractivity contribution is -0.121. The minimum Gasteiger partial charge on any atom is -0.392 e. The number of hydrogen-bond donors (Lipinski definition) is 2. The molecular weight excluding hydrogens is 252 g/mol. The summed E-state index contributed by atoms with van der Waals surface area (Å²) in [6.45, 7) is 4.06. The van der Waals surface area contributed by atoms with Gasteiger partial charge < -0.3 is 10.2 Å². The second-order valence-electron chi connectivity index (χ2n) is 5.67. The Morgan fingerprint density at radius 3 is 2.80 bits per heavy atom. The van der Waals surface area contributed by atoms with Crippen LogP contribution in [0.5, 0.6) is 0 Å². The van der Waals surface area contributed by atoms with Gasteiger partial charge in [-0.05, 0) is 19.8 Å². The Morgan fingerprint density at radius 2 is 2.15 bits per heavy atom. The molecule has 0 heterocycles. The number of aliphatic hydroxyl groups is 2. The van der Waals surface area contributed by atoms with Gasteiger partial charge in [0, 0.05) is 18.3 Å². The molecule has 1 aliphatic rings. The summed E-state index contributed by atoms with van der Waals surface area (Å²) in [6.07, 6.45) is 11.4. The van der Waals surface area contributed by atoms with Gasteiger partial charge in [-0.3, -0.25) is 4.79 Å². The summed E-state index contributed by atoms with van der Waals surface area (Å²) >= 11 is 0. The third kappa shape index (κ3) is 5.22. The van der Waals surface area contributed by atoms with Crippen LogP contribution in [-0.4, -0.2) is 28.2 Å². The van der Waals surface area contributed by atoms with E-state index in [0.717, 1.165) is 25.7 Å². The predicted octanol–water partition coefficient (Wildman–Crippen LogP) is 3.02. The smallest absolute Gasteiger partial charge is 0.139 e. The normalized spacial score (nSPS) is 28.8. The monoisotopic (exact) mass is 280 g/mol. The largest absolute Gasteiger partial charge is 0.392 e. The molecule has 0 unspecified atom stereocenters. The van der Waals surface area contributed by atoms with Crippen LogP contribution in [0, 0.1) is 11.8 Å². The fraction of sp³-hybridized carbons (Fsp3) is 0.706. The van der Waals surface area contributed by atoms with Crippen molar-refractivity contribution in [1.82, 2.24) is 0 Å². The van der Waals surface area contributed by atoms with Crippen LogP contribution in [0.3, 0.4) is 0 Å². The molecule has 0 aliphatic heterocycles. The van der Waals surface area contributed by atoms with Crippen molar-refractivity contribution in [1.29, 1.82) is 0 Å². The zero-order valence-electron chi connectivity index (χ0n) is 12.7. The van der Waals surface area contributed by atoms with E-state index in [2.05, 4.69) is 6.92 Å². The number of allylic oxidation sites excluding steroid dienone is 2. The van der Waals surface area contributed by atoms with Crippen molar-refractivity contribution in [3.63, 3.8) is 0 Å². The van der Waals surface area contributed by atoms with Gasteiger partial charge in [0.1, 0.15) is 5.78 Å². The number of Topliss-reactive ketones (excluding diaryl/α,β-unsaturated/α-hetero) is 1. The van der Waals surface area contributed by atoms with E-state index < -0.39 is 12.2 Å². The number of rotatable bonds is 8. The Hall–Kier alpha value is -0.930. The van der Waals surface area contributed by atoms with Crippen molar-refractivity contribution < 1.29 is 15.0 Å². The maximum atomic E-state index is 11.9. The minimum atomic E-state index is -0.600. The number of unbranched alkanes of at least 4 members (excludes halogenated alkanes) is 2. The van der Waals surface area contributed by atoms with Crippen molar-refractivity contribution in [2.45, 2.75) is 64.6 Å². The van der Waals surface area contributed by atoms with Gasteiger partial charge in [0.05, 0.1) is 12.2 Å². The van der Waals surface area contributed by atoms with E-state index >= 15 is 0 Å². The third-order valence-corrected chi connectivity index (χ3v) is 4.02. The van der Waals surface area contributed by atoms with Crippen LogP contribution in [0.25, 0.3) is 0 Å². The Kier molecular flexibility index (Phi) is 7.78. The second kappa shape index (κ2) is 9.09. The SMILES string of the molecule is C/C=C\C[C@H]1C(=O)C[C@@H](O)[C@@H]1/C=C/[C@@H](O)CCCCC. The molecule has 20 heavy (non-hydrogen) atoms. The van der Waals surface area contributed by atoms with E-state index in [-0.39, 0.29) is 24.0 Å². The number of carbonyl (C=O) groups is 1. The molecule has 2 N–H and O–H groups in total. The lowest BCUT2D eigenvalue weighted by Crippen LogP contribution is -2.18. The summed E-state index contributed by atoms with van der Waals surface area (Å²) in [5.41, 5.74) is 0. The van der Waals surface area contributed by atoms with Crippen LogP contribution in [0.2, 0.25) is 0 Å². The zero-order chi connectivity index (χ0) is 15.0. The molecule has 1 saturated carbocycles. The van der Waals surface area contributed by atoms with Crippen LogP contribution in [0.4, 0.5) is 0 Å². The van der Waals surface area contributed by atoms with Gasteiger partial charge in [-0.2, -0.15) is 0 Å². The lowest BCUT2D eigenvalue weighted by Gasteiger charge is -2.16. The maximum absolute atomic E-state index is 11.9. The van der Waals surface area contributed by atoms with Crippen molar-refractivity contribution in [3.05, 3.63) is 24.3 Å². The summed E-state index contributed by atoms with van der Waals surface area (Å²) in [5.74, 6) is -0.162. The predicted molar refractivity (Wildman–Crippen MR) is 81.3 cm³/mol. The quantitative estimate of drug-likeness (QED) is 0.531. The van der Waals surface area contributed by atoms with Gasteiger partial charge in [-0.1, -0.05) is 50.5 Å². The molecule has 1 fully saturated rings. The standard InChI is InChI=1S/C17H28O3/c1-3-5-7-8-13(18)10-11-15-14(9-6-4-2)16(19)12-17(15)20/h4,6,10-11,13-15,17-18,20H,3,5,7-9,12H2,1-2H3/b6-4-,11-10+/t13-,14+,15+,17+/m0/s1. The molecule has 3 heteroatoms. The van der Waals surface area contributed by atoms with E-state index in [0.29, 0.717) is 6.42 Å². The van der Waals surface area contributed by atoms with Crippen LogP contribution in [0.1, 0.15) is 52.4 Å². The zero-order valence-corrected chi connectivity index (χ0v) is 12.7. The molecule has 4 atom stereocenters. The van der Waals surface area contributed by atoms with Crippen LogP contribution in [0.15, 0.2) is 24.3 Å². The molecule has 0 radical (unpaired) electrons. The first-order valence-electron chi connectivity index (χ1n) is 7.78. The molecule has 114 valence electrons. The van der Waals surface area contributed by atoms with Crippen molar-refractivity contribution >= 4 is 5.78 Å². The molecule has 0 spiro atoms. The average Bonchev–Trinajstić information content (AvgIpc) is 2.68.